The number of hydrogen-bond acceptors (Lipinski definition) is 0. The van der Waals surface area contributed by atoms with Crippen LogP contribution in [0.5, 0.6) is 0 Å². The molecule has 0 saturated heterocycles. The molecule has 76 valence electrons. The van der Waals surface area contributed by atoms with E-state index in [0.717, 1.165) is 23.7 Å². The van der Waals surface area contributed by atoms with E-state index in [1.54, 1.807) is 25.7 Å². The molecule has 4 saturated carbocycles. The van der Waals surface area contributed by atoms with Crippen molar-refractivity contribution in [1.82, 2.24) is 0 Å². The summed E-state index contributed by atoms with van der Waals surface area (Å²) in [5.41, 5.74) is 4.00. The first-order valence-corrected chi connectivity index (χ1v) is 6.70. The van der Waals surface area contributed by atoms with E-state index in [-0.39, 0.29) is 0 Å². The molecule has 4 atom stereocenters. The second-order valence-corrected chi connectivity index (χ2v) is 5.91. The molecule has 4 fully saturated rings. The van der Waals surface area contributed by atoms with Gasteiger partial charge in [0.1, 0.15) is 0 Å². The first-order chi connectivity index (χ1) is 6.97. The van der Waals surface area contributed by atoms with E-state index in [9.17, 15) is 0 Å². The molecule has 0 aromatic carbocycles. The van der Waals surface area contributed by atoms with Gasteiger partial charge >= 0.3 is 0 Å². The Bertz CT molecular complexity index is 241. The largest absolute Gasteiger partial charge is 0.0630 e. The Hall–Kier alpha value is -0.260. The summed E-state index contributed by atoms with van der Waals surface area (Å²) in [6.45, 7) is 0. The highest BCUT2D eigenvalue weighted by molar-refractivity contribution is 5.46. The summed E-state index contributed by atoms with van der Waals surface area (Å²) in [6.07, 6.45) is 12.3. The highest BCUT2D eigenvalue weighted by Crippen LogP contribution is 2.66. The number of hydrogen-bond donors (Lipinski definition) is 0. The van der Waals surface area contributed by atoms with Crippen molar-refractivity contribution >= 4 is 0 Å². The molecule has 0 bridgehead atoms. The number of fused-ring (bicyclic) bond motifs is 2. The molecule has 4 rings (SSSR count). The van der Waals surface area contributed by atoms with Gasteiger partial charge in [-0.3, -0.25) is 0 Å². The Morgan fingerprint density at radius 2 is 0.786 bits per heavy atom. The number of allylic oxidation sites excluding steroid dienone is 2. The minimum Gasteiger partial charge on any atom is -0.0630 e. The highest BCUT2D eigenvalue weighted by atomic mass is 14.6. The van der Waals surface area contributed by atoms with E-state index >= 15 is 0 Å². The van der Waals surface area contributed by atoms with Crippen molar-refractivity contribution in [2.75, 3.05) is 0 Å². The monoisotopic (exact) mass is 188 g/mol. The van der Waals surface area contributed by atoms with E-state index in [1.165, 1.54) is 25.7 Å². The summed E-state index contributed by atoms with van der Waals surface area (Å²) in [4.78, 5) is 0. The normalized spacial score (nSPS) is 49.7. The van der Waals surface area contributed by atoms with Crippen molar-refractivity contribution < 1.29 is 0 Å². The van der Waals surface area contributed by atoms with Crippen molar-refractivity contribution in [1.29, 1.82) is 0 Å². The second kappa shape index (κ2) is 2.65. The van der Waals surface area contributed by atoms with E-state index in [1.807, 2.05) is 11.1 Å². The standard InChI is InChI=1S/C14H20/c1-2-6-10-9(5-1)13(10)14-11-7-3-4-8-12(11)14/h9-12H,1-8H2/t9-,10-,11-,12+/m0/s1. The van der Waals surface area contributed by atoms with Crippen LogP contribution in [0.3, 0.4) is 0 Å². The van der Waals surface area contributed by atoms with Gasteiger partial charge in [0, 0.05) is 0 Å². The third kappa shape index (κ3) is 0.951. The van der Waals surface area contributed by atoms with Gasteiger partial charge < -0.3 is 0 Å². The van der Waals surface area contributed by atoms with Crippen molar-refractivity contribution in [3.05, 3.63) is 11.1 Å². The molecule has 0 radical (unpaired) electrons. The summed E-state index contributed by atoms with van der Waals surface area (Å²) in [6, 6.07) is 0. The van der Waals surface area contributed by atoms with Crippen LogP contribution in [0.15, 0.2) is 11.1 Å². The minimum atomic E-state index is 1.10. The lowest BCUT2D eigenvalue weighted by Gasteiger charge is -2.04. The fourth-order valence-corrected chi connectivity index (χ4v) is 4.50. The molecular weight excluding hydrogens is 168 g/mol. The summed E-state index contributed by atoms with van der Waals surface area (Å²) < 4.78 is 0. The third-order valence-corrected chi connectivity index (χ3v) is 5.24. The molecule has 0 N–H and O–H groups in total. The van der Waals surface area contributed by atoms with Gasteiger partial charge in [0.15, 0.2) is 0 Å². The summed E-state index contributed by atoms with van der Waals surface area (Å²) >= 11 is 0. The molecule has 0 heteroatoms. The Balaban J connectivity index is 1.61. The zero-order chi connectivity index (χ0) is 9.12. The maximum Gasteiger partial charge on any atom is -0.0131 e. The molecule has 0 aromatic rings. The van der Waals surface area contributed by atoms with Gasteiger partial charge in [0.25, 0.3) is 0 Å². The van der Waals surface area contributed by atoms with Gasteiger partial charge in [-0.25, -0.2) is 0 Å². The summed E-state index contributed by atoms with van der Waals surface area (Å²) in [5.74, 6) is 4.40. The van der Waals surface area contributed by atoms with Crippen molar-refractivity contribution in [2.45, 2.75) is 51.4 Å². The number of rotatable bonds is 0. The van der Waals surface area contributed by atoms with Gasteiger partial charge in [-0.1, -0.05) is 36.8 Å². The molecular formula is C14H20. The summed E-state index contributed by atoms with van der Waals surface area (Å²) in [7, 11) is 0. The molecule has 0 nitrogen and oxygen atoms in total. The van der Waals surface area contributed by atoms with Crippen molar-refractivity contribution in [3.8, 4) is 0 Å². The lowest BCUT2D eigenvalue weighted by atomic mass is 10.0. The highest BCUT2D eigenvalue weighted by Gasteiger charge is 2.55. The average Bonchev–Trinajstić information content (AvgIpc) is 3.07. The minimum absolute atomic E-state index is 1.10. The Morgan fingerprint density at radius 3 is 1.07 bits per heavy atom. The molecule has 14 heavy (non-hydrogen) atoms. The molecule has 0 aliphatic heterocycles. The molecule has 0 aromatic heterocycles. The van der Waals surface area contributed by atoms with Crippen LogP contribution >= 0.6 is 0 Å². The predicted molar refractivity (Wildman–Crippen MR) is 57.9 cm³/mol. The van der Waals surface area contributed by atoms with Crippen LogP contribution in [0.1, 0.15) is 51.4 Å². The van der Waals surface area contributed by atoms with Gasteiger partial charge in [0.2, 0.25) is 0 Å². The smallest absolute Gasteiger partial charge is 0.0131 e. The molecule has 0 heterocycles. The van der Waals surface area contributed by atoms with Crippen LogP contribution in [0.4, 0.5) is 0 Å². The van der Waals surface area contributed by atoms with Crippen LogP contribution in [0, 0.1) is 23.7 Å². The average molecular weight is 188 g/mol. The van der Waals surface area contributed by atoms with Crippen LogP contribution in [-0.4, -0.2) is 0 Å². The fourth-order valence-electron chi connectivity index (χ4n) is 4.50. The Kier molecular flexibility index (Phi) is 1.51. The van der Waals surface area contributed by atoms with Gasteiger partial charge in [-0.15, -0.1) is 0 Å². The van der Waals surface area contributed by atoms with E-state index in [4.69, 9.17) is 0 Å². The predicted octanol–water partition coefficient (Wildman–Crippen LogP) is 3.92. The molecule has 4 aliphatic carbocycles. The molecule has 0 amide bonds. The lowest BCUT2D eigenvalue weighted by molar-refractivity contribution is 0.480. The fraction of sp³-hybridized carbons (Fsp3) is 0.857. The van der Waals surface area contributed by atoms with E-state index < -0.39 is 0 Å². The van der Waals surface area contributed by atoms with Crippen molar-refractivity contribution in [3.63, 3.8) is 0 Å². The van der Waals surface area contributed by atoms with Crippen LogP contribution in [-0.2, 0) is 0 Å². The lowest BCUT2D eigenvalue weighted by Crippen LogP contribution is -1.91. The zero-order valence-corrected chi connectivity index (χ0v) is 8.97. The topological polar surface area (TPSA) is 0 Å². The van der Waals surface area contributed by atoms with Gasteiger partial charge in [-0.2, -0.15) is 0 Å². The Labute approximate surface area is 86.8 Å². The van der Waals surface area contributed by atoms with Crippen molar-refractivity contribution in [2.24, 2.45) is 23.7 Å². The van der Waals surface area contributed by atoms with Gasteiger partial charge in [-0.05, 0) is 49.4 Å². The Morgan fingerprint density at radius 1 is 0.500 bits per heavy atom. The van der Waals surface area contributed by atoms with Crippen LogP contribution < -0.4 is 0 Å². The maximum atomic E-state index is 2.00. The van der Waals surface area contributed by atoms with E-state index in [2.05, 4.69) is 0 Å². The molecule has 0 unspecified atom stereocenters. The first kappa shape index (κ1) is 7.96. The van der Waals surface area contributed by atoms with Crippen LogP contribution in [0.25, 0.3) is 0 Å². The molecule has 0 spiro atoms. The summed E-state index contributed by atoms with van der Waals surface area (Å²) in [5, 5.41) is 0. The third-order valence-electron chi connectivity index (χ3n) is 5.24. The van der Waals surface area contributed by atoms with Gasteiger partial charge in [0.05, 0.1) is 0 Å². The quantitative estimate of drug-likeness (QED) is 0.505. The van der Waals surface area contributed by atoms with Crippen LogP contribution in [0.2, 0.25) is 0 Å². The molecule has 4 aliphatic rings. The zero-order valence-electron chi connectivity index (χ0n) is 8.97. The van der Waals surface area contributed by atoms with E-state index in [0.29, 0.717) is 0 Å². The first-order valence-electron chi connectivity index (χ1n) is 6.70. The second-order valence-electron chi connectivity index (χ2n) is 5.91. The maximum absolute atomic E-state index is 2.00. The SMILES string of the molecule is C1CC[C@@H]2C(=C3[C@H]4CCCC[C@@H]34)[C@H]2C1.